The zero-order valence-electron chi connectivity index (χ0n) is 17.3. The first-order valence-corrected chi connectivity index (χ1v) is 10.8. The molecule has 5 rings (SSSR count). The Morgan fingerprint density at radius 2 is 2.00 bits per heavy atom. The van der Waals surface area contributed by atoms with Crippen LogP contribution in [0.3, 0.4) is 0 Å². The Labute approximate surface area is 180 Å². The summed E-state index contributed by atoms with van der Waals surface area (Å²) < 4.78 is 18.8. The fourth-order valence-corrected chi connectivity index (χ4v) is 5.29. The normalized spacial score (nSPS) is 32.5. The summed E-state index contributed by atoms with van der Waals surface area (Å²) in [5, 5.41) is 8.21. The van der Waals surface area contributed by atoms with Crippen molar-refractivity contribution in [3.8, 4) is 5.75 Å². The van der Waals surface area contributed by atoms with Crippen LogP contribution in [0.5, 0.6) is 5.75 Å². The molecule has 1 aliphatic heterocycles. The molecule has 3 saturated carbocycles. The van der Waals surface area contributed by atoms with Gasteiger partial charge in [-0.2, -0.15) is 0 Å². The molecule has 1 aromatic carbocycles. The minimum Gasteiger partial charge on any atom is -0.484 e. The lowest BCUT2D eigenvalue weighted by Gasteiger charge is -2.48. The lowest BCUT2D eigenvalue weighted by atomic mass is 9.71. The minimum absolute atomic E-state index is 0.00861. The number of carbonyl (C=O) groups is 2. The Bertz CT molecular complexity index is 846. The number of rotatable bonds is 7. The van der Waals surface area contributed by atoms with Crippen molar-refractivity contribution in [3.63, 3.8) is 0 Å². The molecule has 0 radical (unpaired) electrons. The molecule has 4 aliphatic rings. The fraction of sp³-hybridized carbons (Fsp3) is 0.619. The first kappa shape index (κ1) is 21.3. The van der Waals surface area contributed by atoms with Gasteiger partial charge in [0.2, 0.25) is 5.91 Å². The van der Waals surface area contributed by atoms with Crippen LogP contribution in [0.1, 0.15) is 45.4 Å². The van der Waals surface area contributed by atoms with E-state index in [9.17, 15) is 14.0 Å². The number of nitrogens with zero attached hydrogens (tertiary/aromatic N) is 1. The molecule has 3 aliphatic carbocycles. The highest BCUT2D eigenvalue weighted by molar-refractivity contribution is 6.30. The highest BCUT2D eigenvalue weighted by atomic mass is 35.5. The van der Waals surface area contributed by atoms with Gasteiger partial charge in [0.25, 0.3) is 5.91 Å². The molecule has 0 aromatic heterocycles. The van der Waals surface area contributed by atoms with Gasteiger partial charge in [0, 0.05) is 30.2 Å². The van der Waals surface area contributed by atoms with Gasteiger partial charge in [-0.25, -0.2) is 9.40 Å². The number of ether oxygens (including phenoxy) is 1. The van der Waals surface area contributed by atoms with Crippen LogP contribution < -0.4 is 20.8 Å². The highest BCUT2D eigenvalue weighted by Crippen LogP contribution is 2.55. The number of fused-ring (bicyclic) bond motifs is 1. The summed E-state index contributed by atoms with van der Waals surface area (Å²) in [7, 11) is 1.91. The molecule has 1 heterocycles. The third kappa shape index (κ3) is 4.13. The van der Waals surface area contributed by atoms with Gasteiger partial charge >= 0.3 is 0 Å². The molecule has 9 heteroatoms. The maximum Gasteiger partial charge on any atom is 0.258 e. The topological polar surface area (TPSA) is 82.7 Å². The van der Waals surface area contributed by atoms with Crippen molar-refractivity contribution in [1.29, 1.82) is 0 Å². The first-order chi connectivity index (χ1) is 14.2. The van der Waals surface area contributed by atoms with Gasteiger partial charge in [0.05, 0.1) is 5.02 Å². The van der Waals surface area contributed by atoms with Crippen LogP contribution in [-0.4, -0.2) is 53.6 Å². The van der Waals surface area contributed by atoms with Crippen molar-refractivity contribution in [1.82, 2.24) is 21.1 Å². The van der Waals surface area contributed by atoms with Gasteiger partial charge in [0.1, 0.15) is 17.6 Å². The van der Waals surface area contributed by atoms with E-state index >= 15 is 0 Å². The van der Waals surface area contributed by atoms with E-state index in [0.717, 1.165) is 44.6 Å². The molecule has 2 unspecified atom stereocenters. The van der Waals surface area contributed by atoms with Crippen LogP contribution in [0.2, 0.25) is 5.02 Å². The first-order valence-electron chi connectivity index (χ1n) is 10.4. The fourth-order valence-electron chi connectivity index (χ4n) is 5.17. The molecular formula is C21H28ClFN4O3. The number of carbonyl (C=O) groups excluding carboxylic acids is 2. The van der Waals surface area contributed by atoms with Crippen molar-refractivity contribution in [2.24, 2.45) is 0 Å². The predicted molar refractivity (Wildman–Crippen MR) is 111 cm³/mol. The van der Waals surface area contributed by atoms with E-state index in [0.29, 0.717) is 6.04 Å². The third-order valence-electron chi connectivity index (χ3n) is 6.65. The number of amides is 2. The lowest BCUT2D eigenvalue weighted by molar-refractivity contribution is -0.129. The second-order valence-electron chi connectivity index (χ2n) is 8.91. The Kier molecular flexibility index (Phi) is 5.67. The average molecular weight is 439 g/mol. The van der Waals surface area contributed by atoms with E-state index in [-0.39, 0.29) is 46.3 Å². The van der Waals surface area contributed by atoms with Crippen LogP contribution in [-0.2, 0) is 9.59 Å². The van der Waals surface area contributed by atoms with Crippen molar-refractivity contribution in [2.75, 3.05) is 13.7 Å². The van der Waals surface area contributed by atoms with Gasteiger partial charge in [-0.1, -0.05) is 18.5 Å². The molecule has 3 N–H and O–H groups in total. The van der Waals surface area contributed by atoms with Gasteiger partial charge in [-0.05, 0) is 50.7 Å². The molecule has 4 fully saturated rings. The molecular weight excluding hydrogens is 411 g/mol. The van der Waals surface area contributed by atoms with Gasteiger partial charge in [-0.15, -0.1) is 0 Å². The zero-order valence-corrected chi connectivity index (χ0v) is 18.0. The van der Waals surface area contributed by atoms with Crippen LogP contribution in [0.4, 0.5) is 4.39 Å². The van der Waals surface area contributed by atoms with Crippen LogP contribution in [0.15, 0.2) is 18.2 Å². The van der Waals surface area contributed by atoms with Crippen molar-refractivity contribution in [3.05, 3.63) is 29.0 Å². The molecule has 2 bridgehead atoms. The molecule has 2 atom stereocenters. The molecule has 1 saturated heterocycles. The second-order valence-corrected chi connectivity index (χ2v) is 9.32. The minimum atomic E-state index is -0.586. The summed E-state index contributed by atoms with van der Waals surface area (Å²) in [4.78, 5) is 25.1. The summed E-state index contributed by atoms with van der Waals surface area (Å²) in [6, 6.07) is 4.24. The largest absolute Gasteiger partial charge is 0.484 e. The number of halogens is 2. The third-order valence-corrected chi connectivity index (χ3v) is 6.95. The van der Waals surface area contributed by atoms with E-state index in [4.69, 9.17) is 16.3 Å². The summed E-state index contributed by atoms with van der Waals surface area (Å²) in [6.45, 7) is 1.91. The maximum atomic E-state index is 13.5. The monoisotopic (exact) mass is 438 g/mol. The van der Waals surface area contributed by atoms with E-state index in [2.05, 4.69) is 23.0 Å². The Balaban J connectivity index is 1.25. The van der Waals surface area contributed by atoms with Crippen LogP contribution in [0.25, 0.3) is 0 Å². The SMILES string of the molecule is CCC1CC(C(=O)NC23CCC(NC(=O)COc4ccc(Cl)c(F)c4)(C2)C3)N(C)N1. The standard InChI is InChI=1S/C21H28ClFN4O3/c1-3-13-8-17(27(2)26-13)19(29)25-21-7-6-20(11-21,12-21)24-18(28)10-30-14-4-5-15(22)16(23)9-14/h4-5,9,13,17,26H,3,6-8,10-12H2,1-2H3,(H,24,28)(H,25,29). The van der Waals surface area contributed by atoms with E-state index in [1.807, 2.05) is 12.1 Å². The molecule has 30 heavy (non-hydrogen) atoms. The number of likely N-dealkylation sites (N-methyl/N-ethyl adjacent to an activating group) is 1. The van der Waals surface area contributed by atoms with Gasteiger partial charge in [0.15, 0.2) is 6.61 Å². The summed E-state index contributed by atoms with van der Waals surface area (Å²) >= 11 is 5.65. The van der Waals surface area contributed by atoms with E-state index < -0.39 is 5.82 Å². The molecule has 164 valence electrons. The van der Waals surface area contributed by atoms with Gasteiger partial charge in [-0.3, -0.25) is 15.0 Å². The Morgan fingerprint density at radius 3 is 2.63 bits per heavy atom. The van der Waals surface area contributed by atoms with Crippen LogP contribution >= 0.6 is 11.6 Å². The molecule has 1 aromatic rings. The molecule has 2 amide bonds. The smallest absolute Gasteiger partial charge is 0.258 e. The average Bonchev–Trinajstić information content (AvgIpc) is 3.33. The zero-order chi connectivity index (χ0) is 21.5. The number of hydrazine groups is 1. The number of nitrogens with one attached hydrogen (secondary N) is 3. The maximum absolute atomic E-state index is 13.5. The van der Waals surface area contributed by atoms with Crippen molar-refractivity contribution >= 4 is 23.4 Å². The van der Waals surface area contributed by atoms with Crippen molar-refractivity contribution < 1.29 is 18.7 Å². The quantitative estimate of drug-likeness (QED) is 0.607. The van der Waals surface area contributed by atoms with E-state index in [1.54, 1.807) is 0 Å². The molecule has 7 nitrogen and oxygen atoms in total. The Morgan fingerprint density at radius 1 is 1.30 bits per heavy atom. The molecule has 0 spiro atoms. The summed E-state index contributed by atoms with van der Waals surface area (Å²) in [5.74, 6) is -0.531. The van der Waals surface area contributed by atoms with Gasteiger partial charge < -0.3 is 15.4 Å². The number of hydrogen-bond acceptors (Lipinski definition) is 5. The summed E-state index contributed by atoms with van der Waals surface area (Å²) in [6.07, 6.45) is 4.93. The lowest BCUT2D eigenvalue weighted by Crippen LogP contribution is -2.66. The van der Waals surface area contributed by atoms with Crippen molar-refractivity contribution in [2.45, 2.75) is 68.6 Å². The van der Waals surface area contributed by atoms with Crippen LogP contribution in [0, 0.1) is 5.82 Å². The second kappa shape index (κ2) is 7.98. The summed E-state index contributed by atoms with van der Waals surface area (Å²) in [5.41, 5.74) is 2.81. The number of benzene rings is 1. The number of hydrogen-bond donors (Lipinski definition) is 3. The predicted octanol–water partition coefficient (Wildman–Crippen LogP) is 2.14. The Hall–Kier alpha value is -1.90. The highest BCUT2D eigenvalue weighted by Gasteiger charge is 2.62. The van der Waals surface area contributed by atoms with E-state index in [1.165, 1.54) is 12.1 Å².